The number of nitrogens with two attached hydrogens (primary N) is 1. The van der Waals surface area contributed by atoms with Crippen LogP contribution in [0.3, 0.4) is 0 Å². The van der Waals surface area contributed by atoms with Crippen molar-refractivity contribution in [2.24, 2.45) is 0 Å². The summed E-state index contributed by atoms with van der Waals surface area (Å²) in [7, 11) is 0. The number of carbonyl (C=O) groups excluding carboxylic acids is 5. The van der Waals surface area contributed by atoms with Crippen molar-refractivity contribution in [1.82, 2.24) is 25.8 Å². The molecule has 57 heavy (non-hydrogen) atoms. The van der Waals surface area contributed by atoms with Gasteiger partial charge in [0.15, 0.2) is 0 Å². The van der Waals surface area contributed by atoms with E-state index in [4.69, 9.17) is 15.2 Å². The van der Waals surface area contributed by atoms with Gasteiger partial charge >= 0.3 is 12.2 Å². The third-order valence-electron chi connectivity index (χ3n) is 9.20. The predicted octanol–water partition coefficient (Wildman–Crippen LogP) is 6.50. The summed E-state index contributed by atoms with van der Waals surface area (Å²) in [6.07, 6.45) is 1.92. The normalized spacial score (nSPS) is 13.9. The molecule has 5 amide bonds. The number of halogens is 2. The summed E-state index contributed by atoms with van der Waals surface area (Å²) in [5.74, 6) is -1.09. The van der Waals surface area contributed by atoms with E-state index >= 15 is 0 Å². The van der Waals surface area contributed by atoms with Crippen LogP contribution in [-0.2, 0) is 43.3 Å². The van der Waals surface area contributed by atoms with E-state index in [2.05, 4.69) is 47.8 Å². The van der Waals surface area contributed by atoms with E-state index in [1.807, 2.05) is 60.7 Å². The van der Waals surface area contributed by atoms with Gasteiger partial charge in [-0.2, -0.15) is 0 Å². The average molecular weight is 915 g/mol. The van der Waals surface area contributed by atoms with Crippen molar-refractivity contribution < 1.29 is 33.4 Å². The Labute approximate surface area is 352 Å². The van der Waals surface area contributed by atoms with Gasteiger partial charge in [0.05, 0.1) is 5.69 Å². The average Bonchev–Trinajstić information content (AvgIpc) is 3.18. The Hall–Kier alpha value is -4.63. The van der Waals surface area contributed by atoms with Crippen LogP contribution < -0.4 is 21.7 Å². The zero-order chi connectivity index (χ0) is 41.4. The maximum absolute atomic E-state index is 14.2. The number of carbonyl (C=O) groups is 5. The molecule has 2 atom stereocenters. The summed E-state index contributed by atoms with van der Waals surface area (Å²) in [6.45, 7) is 6.91. The fraction of sp³-hybridized carbons (Fsp3) is 0.452. The number of amides is 5. The highest BCUT2D eigenvalue weighted by molar-refractivity contribution is 9.11. The standard InChI is InChI=1S/C42H54Br2N6O7/c1-42(2,3)57-41(55)50-23-21-49(22-24-50)39(53)34(18-10-11-20-46-40(54)56-28-30-15-8-5-9-16-30)48-38(52)35(27-31-25-32(43)37(45)33(44)26-31)47-36(51)19-12-17-29-13-6-4-7-14-29/h4-9,13-16,25-26,34-35H,10-12,17-24,27-28,45H2,1-3H3,(H,46,54)(H,47,51)(H,48,52)/t34-,35+/m0/s1. The molecule has 1 saturated heterocycles. The second kappa shape index (κ2) is 22.3. The molecule has 0 aromatic heterocycles. The minimum atomic E-state index is -1.00. The highest BCUT2D eigenvalue weighted by atomic mass is 79.9. The first-order valence-corrected chi connectivity index (χ1v) is 20.9. The molecule has 15 heteroatoms. The van der Waals surface area contributed by atoms with Gasteiger partial charge in [-0.15, -0.1) is 0 Å². The van der Waals surface area contributed by atoms with Gasteiger partial charge in [-0.05, 0) is 114 Å². The zero-order valence-corrected chi connectivity index (χ0v) is 36.0. The molecule has 1 aliphatic heterocycles. The topological polar surface area (TPSA) is 172 Å². The van der Waals surface area contributed by atoms with Crippen LogP contribution in [0.15, 0.2) is 81.7 Å². The smallest absolute Gasteiger partial charge is 0.410 e. The minimum absolute atomic E-state index is 0.137. The third kappa shape index (κ3) is 15.7. The van der Waals surface area contributed by atoms with Gasteiger partial charge in [-0.3, -0.25) is 14.4 Å². The summed E-state index contributed by atoms with van der Waals surface area (Å²) in [6, 6.07) is 20.9. The van der Waals surface area contributed by atoms with Crippen molar-refractivity contribution in [1.29, 1.82) is 0 Å². The molecule has 0 bridgehead atoms. The molecule has 4 rings (SSSR count). The van der Waals surface area contributed by atoms with E-state index in [0.29, 0.717) is 46.9 Å². The molecule has 0 unspecified atom stereocenters. The van der Waals surface area contributed by atoms with Gasteiger partial charge in [0.1, 0.15) is 24.3 Å². The molecule has 0 aliphatic carbocycles. The largest absolute Gasteiger partial charge is 0.445 e. The lowest BCUT2D eigenvalue weighted by molar-refractivity contribution is -0.138. The Bertz CT molecular complexity index is 1780. The summed E-state index contributed by atoms with van der Waals surface area (Å²) < 4.78 is 12.1. The van der Waals surface area contributed by atoms with Gasteiger partial charge in [-0.25, -0.2) is 9.59 Å². The van der Waals surface area contributed by atoms with Crippen molar-refractivity contribution in [3.8, 4) is 0 Å². The number of alkyl carbamates (subject to hydrolysis) is 1. The first-order valence-electron chi connectivity index (χ1n) is 19.3. The second-order valence-corrected chi connectivity index (χ2v) is 16.7. The lowest BCUT2D eigenvalue weighted by Gasteiger charge is -2.37. The molecule has 0 saturated carbocycles. The molecule has 13 nitrogen and oxygen atoms in total. The molecule has 5 N–H and O–H groups in total. The quantitative estimate of drug-likeness (QED) is 0.0878. The van der Waals surface area contributed by atoms with Crippen molar-refractivity contribution in [3.63, 3.8) is 0 Å². The van der Waals surface area contributed by atoms with Crippen LogP contribution in [-0.4, -0.2) is 90.1 Å². The summed E-state index contributed by atoms with van der Waals surface area (Å²) >= 11 is 6.94. The SMILES string of the molecule is CC(C)(C)OC(=O)N1CCN(C(=O)[C@H](CCCCNC(=O)OCc2ccccc2)NC(=O)[C@@H](Cc2cc(Br)c(N)c(Br)c2)NC(=O)CCCc2ccccc2)CC1. The fourth-order valence-electron chi connectivity index (χ4n) is 6.19. The number of rotatable bonds is 17. The summed E-state index contributed by atoms with van der Waals surface area (Å²) in [5.41, 5.74) is 8.69. The molecule has 308 valence electrons. The van der Waals surface area contributed by atoms with Gasteiger partial charge in [0.25, 0.3) is 0 Å². The van der Waals surface area contributed by atoms with Crippen LogP contribution in [0.25, 0.3) is 0 Å². The van der Waals surface area contributed by atoms with Crippen LogP contribution in [0.1, 0.15) is 69.6 Å². The molecule has 0 radical (unpaired) electrons. The molecular formula is C42H54Br2N6O7. The second-order valence-electron chi connectivity index (χ2n) is 15.0. The van der Waals surface area contributed by atoms with Crippen LogP contribution in [0.4, 0.5) is 15.3 Å². The number of nitrogens with zero attached hydrogens (tertiary/aromatic N) is 2. The van der Waals surface area contributed by atoms with Crippen molar-refractivity contribution in [2.45, 2.75) is 90.0 Å². The Kier molecular flexibility index (Phi) is 17.7. The van der Waals surface area contributed by atoms with Crippen molar-refractivity contribution in [2.75, 3.05) is 38.5 Å². The van der Waals surface area contributed by atoms with E-state index in [-0.39, 0.29) is 63.9 Å². The van der Waals surface area contributed by atoms with E-state index in [0.717, 1.165) is 16.7 Å². The van der Waals surface area contributed by atoms with Gasteiger partial charge in [0, 0.05) is 54.5 Å². The Morgan fingerprint density at radius 1 is 0.772 bits per heavy atom. The predicted molar refractivity (Wildman–Crippen MR) is 226 cm³/mol. The zero-order valence-electron chi connectivity index (χ0n) is 32.9. The molecule has 3 aromatic rings. The highest BCUT2D eigenvalue weighted by Crippen LogP contribution is 2.30. The Morgan fingerprint density at radius 3 is 1.98 bits per heavy atom. The maximum Gasteiger partial charge on any atom is 0.410 e. The number of aryl methyl sites for hydroxylation is 1. The molecule has 1 heterocycles. The fourth-order valence-corrected chi connectivity index (χ4v) is 7.47. The number of hydrogen-bond acceptors (Lipinski definition) is 8. The van der Waals surface area contributed by atoms with E-state index < -0.39 is 35.8 Å². The third-order valence-corrected chi connectivity index (χ3v) is 10.5. The van der Waals surface area contributed by atoms with Crippen molar-refractivity contribution >= 4 is 67.5 Å². The van der Waals surface area contributed by atoms with Crippen LogP contribution >= 0.6 is 31.9 Å². The first-order chi connectivity index (χ1) is 27.2. The van der Waals surface area contributed by atoms with Gasteiger partial charge in [0.2, 0.25) is 17.7 Å². The molecule has 1 fully saturated rings. The molecule has 0 spiro atoms. The lowest BCUT2D eigenvalue weighted by Crippen LogP contribution is -2.58. The highest BCUT2D eigenvalue weighted by Gasteiger charge is 2.33. The van der Waals surface area contributed by atoms with E-state index in [1.54, 1.807) is 42.7 Å². The Morgan fingerprint density at radius 2 is 1.37 bits per heavy atom. The molecular weight excluding hydrogens is 860 g/mol. The van der Waals surface area contributed by atoms with Crippen molar-refractivity contribution in [3.05, 3.63) is 98.4 Å². The lowest BCUT2D eigenvalue weighted by atomic mass is 10.0. The number of nitrogen functional groups attached to an aromatic ring is 1. The molecule has 3 aromatic carbocycles. The van der Waals surface area contributed by atoms with Crippen LogP contribution in [0, 0.1) is 0 Å². The monoisotopic (exact) mass is 912 g/mol. The summed E-state index contributed by atoms with van der Waals surface area (Å²) in [4.78, 5) is 69.8. The number of nitrogens with one attached hydrogen (secondary N) is 3. The number of benzene rings is 3. The summed E-state index contributed by atoms with van der Waals surface area (Å²) in [5, 5.41) is 8.62. The number of unbranched alkanes of at least 4 members (excludes halogenated alkanes) is 1. The minimum Gasteiger partial charge on any atom is -0.445 e. The first kappa shape index (κ1) is 45.1. The Balaban J connectivity index is 1.43. The van der Waals surface area contributed by atoms with Gasteiger partial charge in [-0.1, -0.05) is 60.7 Å². The van der Waals surface area contributed by atoms with E-state index in [9.17, 15) is 24.0 Å². The molecule has 1 aliphatic rings. The number of ether oxygens (including phenoxy) is 2. The number of piperazine rings is 1. The van der Waals surface area contributed by atoms with Crippen LogP contribution in [0.5, 0.6) is 0 Å². The van der Waals surface area contributed by atoms with E-state index in [1.165, 1.54) is 0 Å². The number of hydrogen-bond donors (Lipinski definition) is 4. The van der Waals surface area contributed by atoms with Gasteiger partial charge < -0.3 is 41.0 Å². The number of anilines is 1. The maximum atomic E-state index is 14.2. The van der Waals surface area contributed by atoms with Crippen LogP contribution in [0.2, 0.25) is 0 Å².